The highest BCUT2D eigenvalue weighted by atomic mass is 35.5. The highest BCUT2D eigenvalue weighted by Crippen LogP contribution is 2.18. The average molecular weight is 279 g/mol. The van der Waals surface area contributed by atoms with Gasteiger partial charge in [-0.2, -0.15) is 0 Å². The largest absolute Gasteiger partial charge is 0.392 e. The Balaban J connectivity index is 2.10. The summed E-state index contributed by atoms with van der Waals surface area (Å²) in [5, 5.41) is 13.3. The molecule has 100 valence electrons. The molecule has 0 fully saturated rings. The standard InChI is InChI=1S/C14H15ClN2O2/c1-9(18)8-16-14(19)7-12-5-3-10-2-4-11(15)6-13(10)17-12/h2-6,9,18H,7-8H2,1H3,(H,16,19). The van der Waals surface area contributed by atoms with Crippen LogP contribution in [-0.2, 0) is 11.2 Å². The van der Waals surface area contributed by atoms with Crippen molar-refractivity contribution in [3.8, 4) is 0 Å². The van der Waals surface area contributed by atoms with Gasteiger partial charge in [0.25, 0.3) is 0 Å². The molecule has 1 aromatic carbocycles. The minimum absolute atomic E-state index is 0.158. The smallest absolute Gasteiger partial charge is 0.226 e. The summed E-state index contributed by atoms with van der Waals surface area (Å²) in [5.74, 6) is -0.158. The number of halogens is 1. The molecule has 0 aliphatic heterocycles. The van der Waals surface area contributed by atoms with Crippen molar-refractivity contribution in [2.75, 3.05) is 6.54 Å². The summed E-state index contributed by atoms with van der Waals surface area (Å²) >= 11 is 5.91. The first-order valence-corrected chi connectivity index (χ1v) is 6.42. The van der Waals surface area contributed by atoms with E-state index in [0.29, 0.717) is 10.7 Å². The van der Waals surface area contributed by atoms with E-state index in [1.165, 1.54) is 0 Å². The van der Waals surface area contributed by atoms with E-state index < -0.39 is 6.10 Å². The number of aromatic nitrogens is 1. The van der Waals surface area contributed by atoms with Crippen LogP contribution in [0.1, 0.15) is 12.6 Å². The summed E-state index contributed by atoms with van der Waals surface area (Å²) in [6.07, 6.45) is -0.359. The van der Waals surface area contributed by atoms with E-state index in [1.807, 2.05) is 18.2 Å². The van der Waals surface area contributed by atoms with Crippen LogP contribution in [0.5, 0.6) is 0 Å². The highest BCUT2D eigenvalue weighted by molar-refractivity contribution is 6.31. The molecule has 0 aliphatic rings. The highest BCUT2D eigenvalue weighted by Gasteiger charge is 2.06. The van der Waals surface area contributed by atoms with Gasteiger partial charge in [-0.1, -0.05) is 23.7 Å². The Kier molecular flexibility index (Phi) is 4.35. The van der Waals surface area contributed by atoms with E-state index in [-0.39, 0.29) is 18.9 Å². The lowest BCUT2D eigenvalue weighted by atomic mass is 10.2. The fraction of sp³-hybridized carbons (Fsp3) is 0.286. The molecule has 1 heterocycles. The van der Waals surface area contributed by atoms with Crippen molar-refractivity contribution in [2.24, 2.45) is 0 Å². The second-order valence-corrected chi connectivity index (χ2v) is 4.91. The Morgan fingerprint density at radius 2 is 2.16 bits per heavy atom. The number of pyridine rings is 1. The van der Waals surface area contributed by atoms with Crippen molar-refractivity contribution >= 4 is 28.4 Å². The maximum atomic E-state index is 11.6. The molecule has 1 amide bonds. The Labute approximate surface area is 116 Å². The molecule has 0 radical (unpaired) electrons. The molecule has 2 rings (SSSR count). The van der Waals surface area contributed by atoms with Gasteiger partial charge in [0.1, 0.15) is 0 Å². The first-order valence-electron chi connectivity index (χ1n) is 6.04. The molecular weight excluding hydrogens is 264 g/mol. The third kappa shape index (κ3) is 3.91. The molecule has 2 N–H and O–H groups in total. The summed E-state index contributed by atoms with van der Waals surface area (Å²) in [6, 6.07) is 9.20. The number of aliphatic hydroxyl groups excluding tert-OH is 1. The average Bonchev–Trinajstić information content (AvgIpc) is 2.36. The molecule has 0 spiro atoms. The van der Waals surface area contributed by atoms with Gasteiger partial charge in [-0.25, -0.2) is 0 Å². The van der Waals surface area contributed by atoms with Gasteiger partial charge in [0.2, 0.25) is 5.91 Å². The molecule has 0 aliphatic carbocycles. The molecular formula is C14H15ClN2O2. The topological polar surface area (TPSA) is 62.2 Å². The number of fused-ring (bicyclic) bond motifs is 1. The van der Waals surface area contributed by atoms with Crippen LogP contribution in [0.3, 0.4) is 0 Å². The van der Waals surface area contributed by atoms with E-state index in [9.17, 15) is 4.79 Å². The van der Waals surface area contributed by atoms with Crippen LogP contribution >= 0.6 is 11.6 Å². The summed E-state index contributed by atoms with van der Waals surface area (Å²) < 4.78 is 0. The van der Waals surface area contributed by atoms with Crippen LogP contribution in [0, 0.1) is 0 Å². The Morgan fingerprint density at radius 3 is 2.89 bits per heavy atom. The third-order valence-corrected chi connectivity index (χ3v) is 2.88. The molecule has 0 saturated heterocycles. The van der Waals surface area contributed by atoms with Crippen LogP contribution in [-0.4, -0.2) is 28.6 Å². The zero-order valence-electron chi connectivity index (χ0n) is 10.6. The number of carbonyl (C=O) groups is 1. The number of benzene rings is 1. The predicted octanol–water partition coefficient (Wildman–Crippen LogP) is 1.93. The minimum atomic E-state index is -0.549. The number of rotatable bonds is 4. The van der Waals surface area contributed by atoms with Gasteiger partial charge in [0.15, 0.2) is 0 Å². The second kappa shape index (κ2) is 5.99. The van der Waals surface area contributed by atoms with Crippen LogP contribution in [0.25, 0.3) is 10.9 Å². The number of amides is 1. The summed E-state index contributed by atoms with van der Waals surface area (Å²) in [4.78, 5) is 16.0. The third-order valence-electron chi connectivity index (χ3n) is 2.65. The van der Waals surface area contributed by atoms with Gasteiger partial charge >= 0.3 is 0 Å². The minimum Gasteiger partial charge on any atom is -0.392 e. The number of hydrogen-bond acceptors (Lipinski definition) is 3. The molecule has 0 bridgehead atoms. The lowest BCUT2D eigenvalue weighted by molar-refractivity contribution is -0.120. The maximum Gasteiger partial charge on any atom is 0.226 e. The quantitative estimate of drug-likeness (QED) is 0.898. The number of aliphatic hydroxyl groups is 1. The maximum absolute atomic E-state index is 11.6. The lowest BCUT2D eigenvalue weighted by Gasteiger charge is -2.07. The summed E-state index contributed by atoms with van der Waals surface area (Å²) in [5.41, 5.74) is 1.45. The molecule has 0 saturated carbocycles. The van der Waals surface area contributed by atoms with E-state index in [4.69, 9.17) is 16.7 Å². The first kappa shape index (κ1) is 13.8. The van der Waals surface area contributed by atoms with E-state index in [2.05, 4.69) is 10.3 Å². The van der Waals surface area contributed by atoms with Crippen molar-refractivity contribution in [1.82, 2.24) is 10.3 Å². The van der Waals surface area contributed by atoms with Crippen molar-refractivity contribution in [2.45, 2.75) is 19.4 Å². The van der Waals surface area contributed by atoms with Gasteiger partial charge < -0.3 is 10.4 Å². The SMILES string of the molecule is CC(O)CNC(=O)Cc1ccc2ccc(Cl)cc2n1. The van der Waals surface area contributed by atoms with Gasteiger partial charge in [0.05, 0.1) is 23.7 Å². The van der Waals surface area contributed by atoms with Crippen molar-refractivity contribution in [3.05, 3.63) is 41.0 Å². The molecule has 2 aromatic rings. The first-order chi connectivity index (χ1) is 9.04. The number of hydrogen-bond donors (Lipinski definition) is 2. The van der Waals surface area contributed by atoms with Crippen LogP contribution in [0.4, 0.5) is 0 Å². The monoisotopic (exact) mass is 278 g/mol. The van der Waals surface area contributed by atoms with Gasteiger partial charge in [-0.05, 0) is 25.1 Å². The van der Waals surface area contributed by atoms with Crippen LogP contribution < -0.4 is 5.32 Å². The van der Waals surface area contributed by atoms with E-state index in [1.54, 1.807) is 19.1 Å². The Hall–Kier alpha value is -1.65. The predicted molar refractivity (Wildman–Crippen MR) is 75.1 cm³/mol. The second-order valence-electron chi connectivity index (χ2n) is 4.47. The zero-order valence-corrected chi connectivity index (χ0v) is 11.3. The fourth-order valence-electron chi connectivity index (χ4n) is 1.72. The van der Waals surface area contributed by atoms with Crippen LogP contribution in [0.2, 0.25) is 5.02 Å². The number of carbonyl (C=O) groups excluding carboxylic acids is 1. The Morgan fingerprint density at radius 1 is 1.42 bits per heavy atom. The molecule has 5 heteroatoms. The van der Waals surface area contributed by atoms with E-state index in [0.717, 1.165) is 10.9 Å². The van der Waals surface area contributed by atoms with Gasteiger partial charge in [0, 0.05) is 17.0 Å². The molecule has 1 aromatic heterocycles. The number of nitrogens with zero attached hydrogens (tertiary/aromatic N) is 1. The van der Waals surface area contributed by atoms with Crippen molar-refractivity contribution in [3.63, 3.8) is 0 Å². The fourth-order valence-corrected chi connectivity index (χ4v) is 1.89. The summed E-state index contributed by atoms with van der Waals surface area (Å²) in [6.45, 7) is 1.87. The van der Waals surface area contributed by atoms with Crippen molar-refractivity contribution < 1.29 is 9.90 Å². The number of nitrogens with one attached hydrogen (secondary N) is 1. The van der Waals surface area contributed by atoms with E-state index >= 15 is 0 Å². The normalized spacial score (nSPS) is 12.4. The molecule has 19 heavy (non-hydrogen) atoms. The molecule has 4 nitrogen and oxygen atoms in total. The lowest BCUT2D eigenvalue weighted by Crippen LogP contribution is -2.31. The zero-order chi connectivity index (χ0) is 13.8. The van der Waals surface area contributed by atoms with Gasteiger partial charge in [-0.15, -0.1) is 0 Å². The summed E-state index contributed by atoms with van der Waals surface area (Å²) in [7, 11) is 0. The van der Waals surface area contributed by atoms with Gasteiger partial charge in [-0.3, -0.25) is 9.78 Å². The van der Waals surface area contributed by atoms with Crippen LogP contribution in [0.15, 0.2) is 30.3 Å². The Bertz CT molecular complexity index is 599. The molecule has 1 unspecified atom stereocenters. The van der Waals surface area contributed by atoms with Crippen molar-refractivity contribution in [1.29, 1.82) is 0 Å². The molecule has 1 atom stereocenters.